The van der Waals surface area contributed by atoms with E-state index < -0.39 is 0 Å². The van der Waals surface area contributed by atoms with Gasteiger partial charge in [-0.2, -0.15) is 0 Å². The predicted octanol–water partition coefficient (Wildman–Crippen LogP) is 1.46. The Balaban J connectivity index is 2.26. The number of nitrogens with zero attached hydrogens (tertiary/aromatic N) is 1. The van der Waals surface area contributed by atoms with E-state index >= 15 is 0 Å². The van der Waals surface area contributed by atoms with Crippen LogP contribution in [0.25, 0.3) is 0 Å². The number of carbonyl (C=O) groups is 1. The number of piperidine rings is 1. The van der Waals surface area contributed by atoms with Crippen LogP contribution in [-0.2, 0) is 4.74 Å². The minimum atomic E-state index is -0.212. The van der Waals surface area contributed by atoms with Gasteiger partial charge in [0.15, 0.2) is 0 Å². The summed E-state index contributed by atoms with van der Waals surface area (Å²) in [6.45, 7) is 6.65. The third kappa shape index (κ3) is 4.51. The van der Waals surface area contributed by atoms with Crippen molar-refractivity contribution in [1.29, 1.82) is 0 Å². The van der Waals surface area contributed by atoms with Crippen molar-refractivity contribution in [3.05, 3.63) is 0 Å². The number of amides is 1. The van der Waals surface area contributed by atoms with E-state index in [9.17, 15) is 4.79 Å². The monoisotopic (exact) mass is 214 g/mol. The van der Waals surface area contributed by atoms with Crippen LogP contribution in [0.1, 0.15) is 26.7 Å². The van der Waals surface area contributed by atoms with Crippen molar-refractivity contribution >= 4 is 6.09 Å². The molecule has 0 saturated carbocycles. The molecule has 4 heteroatoms. The molecule has 1 rings (SSSR count). The fraction of sp³-hybridized carbons (Fsp3) is 0.909. The number of nitrogens with one attached hydrogen (secondary N) is 1. The molecule has 1 N–H and O–H groups in total. The van der Waals surface area contributed by atoms with Gasteiger partial charge in [-0.15, -0.1) is 0 Å². The lowest BCUT2D eigenvalue weighted by atomic mass is 9.99. The highest BCUT2D eigenvalue weighted by Gasteiger charge is 2.19. The molecule has 0 spiro atoms. The van der Waals surface area contributed by atoms with Gasteiger partial charge in [0.25, 0.3) is 0 Å². The summed E-state index contributed by atoms with van der Waals surface area (Å²) in [4.78, 5) is 13.2. The van der Waals surface area contributed by atoms with Crippen molar-refractivity contribution in [3.8, 4) is 0 Å². The Labute approximate surface area is 92.0 Å². The maximum Gasteiger partial charge on any atom is 0.409 e. The zero-order valence-electron chi connectivity index (χ0n) is 9.95. The number of rotatable bonds is 3. The van der Waals surface area contributed by atoms with Crippen LogP contribution in [0.5, 0.6) is 0 Å². The first-order valence-corrected chi connectivity index (χ1v) is 5.72. The fourth-order valence-corrected chi connectivity index (χ4v) is 1.83. The SMILES string of the molecule is CC(C)OC(=O)N(C)CC1CCCNC1. The van der Waals surface area contributed by atoms with E-state index in [0.717, 1.165) is 19.6 Å². The maximum absolute atomic E-state index is 11.5. The maximum atomic E-state index is 11.5. The van der Waals surface area contributed by atoms with Gasteiger partial charge in [-0.25, -0.2) is 4.79 Å². The van der Waals surface area contributed by atoms with Crippen LogP contribution < -0.4 is 5.32 Å². The number of hydrogen-bond acceptors (Lipinski definition) is 3. The average molecular weight is 214 g/mol. The standard InChI is InChI=1S/C11H22N2O2/c1-9(2)15-11(14)13(3)8-10-5-4-6-12-7-10/h9-10,12H,4-8H2,1-3H3. The van der Waals surface area contributed by atoms with Crippen molar-refractivity contribution in [2.45, 2.75) is 32.8 Å². The molecule has 4 nitrogen and oxygen atoms in total. The Morgan fingerprint density at radius 3 is 2.87 bits per heavy atom. The summed E-state index contributed by atoms with van der Waals surface area (Å²) in [5.74, 6) is 0.573. The molecule has 0 aromatic carbocycles. The van der Waals surface area contributed by atoms with Gasteiger partial charge in [-0.1, -0.05) is 0 Å². The van der Waals surface area contributed by atoms with Gasteiger partial charge in [0.05, 0.1) is 6.10 Å². The number of carbonyl (C=O) groups excluding carboxylic acids is 1. The second-order valence-electron chi connectivity index (χ2n) is 4.53. The van der Waals surface area contributed by atoms with Crippen LogP contribution in [0.4, 0.5) is 4.79 Å². The molecule has 1 atom stereocenters. The van der Waals surface area contributed by atoms with E-state index in [-0.39, 0.29) is 12.2 Å². The van der Waals surface area contributed by atoms with Gasteiger partial charge in [-0.3, -0.25) is 0 Å². The molecule has 0 aromatic heterocycles. The largest absolute Gasteiger partial charge is 0.447 e. The summed E-state index contributed by atoms with van der Waals surface area (Å²) in [5, 5.41) is 3.34. The minimum Gasteiger partial charge on any atom is -0.447 e. The number of ether oxygens (including phenoxy) is 1. The normalized spacial score (nSPS) is 21.5. The zero-order valence-corrected chi connectivity index (χ0v) is 9.95. The molecule has 0 bridgehead atoms. The van der Waals surface area contributed by atoms with E-state index in [2.05, 4.69) is 5.32 Å². The lowest BCUT2D eigenvalue weighted by Crippen LogP contribution is -2.39. The third-order valence-electron chi connectivity index (χ3n) is 2.58. The van der Waals surface area contributed by atoms with Gasteiger partial charge in [0, 0.05) is 13.6 Å². The molecule has 1 aliphatic rings. The molecule has 0 radical (unpaired) electrons. The molecular formula is C11H22N2O2. The smallest absolute Gasteiger partial charge is 0.409 e. The van der Waals surface area contributed by atoms with E-state index in [0.29, 0.717) is 5.92 Å². The Bertz CT molecular complexity index is 201. The third-order valence-corrected chi connectivity index (χ3v) is 2.58. The Kier molecular flexibility index (Phi) is 4.88. The van der Waals surface area contributed by atoms with Crippen molar-refractivity contribution in [2.24, 2.45) is 5.92 Å². The number of hydrogen-bond donors (Lipinski definition) is 1. The molecule has 88 valence electrons. The molecule has 15 heavy (non-hydrogen) atoms. The van der Waals surface area contributed by atoms with Crippen LogP contribution in [0.15, 0.2) is 0 Å². The van der Waals surface area contributed by atoms with Crippen molar-refractivity contribution < 1.29 is 9.53 Å². The van der Waals surface area contributed by atoms with Gasteiger partial charge in [0.2, 0.25) is 0 Å². The summed E-state index contributed by atoms with van der Waals surface area (Å²) in [5.41, 5.74) is 0. The van der Waals surface area contributed by atoms with Crippen molar-refractivity contribution in [1.82, 2.24) is 10.2 Å². The fourth-order valence-electron chi connectivity index (χ4n) is 1.83. The van der Waals surface area contributed by atoms with E-state index in [1.807, 2.05) is 13.8 Å². The predicted molar refractivity (Wildman–Crippen MR) is 59.8 cm³/mol. The second kappa shape index (κ2) is 5.95. The van der Waals surface area contributed by atoms with Crippen LogP contribution in [0.2, 0.25) is 0 Å². The first-order valence-electron chi connectivity index (χ1n) is 5.72. The van der Waals surface area contributed by atoms with E-state index in [4.69, 9.17) is 4.74 Å². The first kappa shape index (κ1) is 12.3. The van der Waals surface area contributed by atoms with E-state index in [1.54, 1.807) is 11.9 Å². The molecule has 0 aliphatic carbocycles. The topological polar surface area (TPSA) is 41.6 Å². The Hall–Kier alpha value is -0.770. The molecule has 0 aromatic rings. The Morgan fingerprint density at radius 1 is 1.60 bits per heavy atom. The average Bonchev–Trinajstić information content (AvgIpc) is 2.18. The molecule has 1 heterocycles. The van der Waals surface area contributed by atoms with Crippen LogP contribution in [0, 0.1) is 5.92 Å². The molecule has 1 amide bonds. The lowest BCUT2D eigenvalue weighted by Gasteiger charge is -2.27. The summed E-state index contributed by atoms with van der Waals surface area (Å²) in [7, 11) is 1.80. The van der Waals surface area contributed by atoms with Crippen LogP contribution >= 0.6 is 0 Å². The first-order chi connectivity index (χ1) is 7.09. The molecule has 1 unspecified atom stereocenters. The van der Waals surface area contributed by atoms with E-state index in [1.165, 1.54) is 12.8 Å². The van der Waals surface area contributed by atoms with Crippen molar-refractivity contribution in [2.75, 3.05) is 26.7 Å². The summed E-state index contributed by atoms with van der Waals surface area (Å²) < 4.78 is 5.12. The summed E-state index contributed by atoms with van der Waals surface area (Å²) in [6.07, 6.45) is 2.16. The quantitative estimate of drug-likeness (QED) is 0.773. The van der Waals surface area contributed by atoms with Gasteiger partial charge >= 0.3 is 6.09 Å². The second-order valence-corrected chi connectivity index (χ2v) is 4.53. The molecular weight excluding hydrogens is 192 g/mol. The summed E-state index contributed by atoms with van der Waals surface area (Å²) >= 11 is 0. The van der Waals surface area contributed by atoms with Crippen LogP contribution in [0.3, 0.4) is 0 Å². The Morgan fingerprint density at radius 2 is 2.33 bits per heavy atom. The molecule has 1 fully saturated rings. The molecule has 1 aliphatic heterocycles. The van der Waals surface area contributed by atoms with Gasteiger partial charge in [0.1, 0.15) is 0 Å². The highest BCUT2D eigenvalue weighted by atomic mass is 16.6. The van der Waals surface area contributed by atoms with Crippen molar-refractivity contribution in [3.63, 3.8) is 0 Å². The lowest BCUT2D eigenvalue weighted by molar-refractivity contribution is 0.0784. The highest BCUT2D eigenvalue weighted by molar-refractivity contribution is 5.67. The van der Waals surface area contributed by atoms with Crippen LogP contribution in [-0.4, -0.2) is 43.8 Å². The highest BCUT2D eigenvalue weighted by Crippen LogP contribution is 2.11. The molecule has 1 saturated heterocycles. The summed E-state index contributed by atoms with van der Waals surface area (Å²) in [6, 6.07) is 0. The minimum absolute atomic E-state index is 0.0376. The van der Waals surface area contributed by atoms with Gasteiger partial charge < -0.3 is 15.0 Å². The van der Waals surface area contributed by atoms with Gasteiger partial charge in [-0.05, 0) is 45.7 Å². The zero-order chi connectivity index (χ0) is 11.3.